The molecule has 0 atom stereocenters. The summed E-state index contributed by atoms with van der Waals surface area (Å²) in [5.41, 5.74) is 0.878. The van der Waals surface area contributed by atoms with E-state index in [-0.39, 0.29) is 17.9 Å². The van der Waals surface area contributed by atoms with Crippen molar-refractivity contribution in [2.45, 2.75) is 57.5 Å². The van der Waals surface area contributed by atoms with Gasteiger partial charge >= 0.3 is 0 Å². The van der Waals surface area contributed by atoms with Crippen molar-refractivity contribution in [2.75, 3.05) is 20.2 Å². The van der Waals surface area contributed by atoms with Crippen molar-refractivity contribution in [3.05, 3.63) is 30.2 Å². The lowest BCUT2D eigenvalue weighted by molar-refractivity contribution is -0.127. The number of piperidine rings is 1. The molecule has 156 valence electrons. The number of carbonyl (C=O) groups is 1. The lowest BCUT2D eigenvalue weighted by Crippen LogP contribution is -2.46. The van der Waals surface area contributed by atoms with Gasteiger partial charge < -0.3 is 14.6 Å². The molecule has 2 aliphatic rings. The molecule has 2 aromatic rings. The molecule has 0 bridgehead atoms. The van der Waals surface area contributed by atoms with E-state index in [9.17, 15) is 4.79 Å². The van der Waals surface area contributed by atoms with Gasteiger partial charge in [-0.3, -0.25) is 9.69 Å². The van der Waals surface area contributed by atoms with Gasteiger partial charge in [-0.1, -0.05) is 36.6 Å². The molecule has 1 N–H and O–H groups in total. The summed E-state index contributed by atoms with van der Waals surface area (Å²) in [6.07, 6.45) is 7.70. The maximum Gasteiger partial charge on any atom is 0.241 e. The third kappa shape index (κ3) is 5.15. The van der Waals surface area contributed by atoms with Crippen LogP contribution in [0.1, 0.15) is 50.8 Å². The zero-order valence-corrected chi connectivity index (χ0v) is 17.1. The van der Waals surface area contributed by atoms with Crippen molar-refractivity contribution < 1.29 is 14.1 Å². The summed E-state index contributed by atoms with van der Waals surface area (Å²) in [5, 5.41) is 7.39. The van der Waals surface area contributed by atoms with Gasteiger partial charge in [0.05, 0.1) is 13.7 Å². The van der Waals surface area contributed by atoms with E-state index < -0.39 is 0 Å². The number of aromatic nitrogens is 2. The lowest BCUT2D eigenvalue weighted by atomic mass is 9.88. The SMILES string of the molecule is COc1cccc(-c2noc(CN3CCC(NC(=O)C4CCCCC4)CC3)n2)c1. The second-order valence-electron chi connectivity index (χ2n) is 8.14. The molecule has 1 aromatic carbocycles. The van der Waals surface area contributed by atoms with Crippen molar-refractivity contribution in [3.8, 4) is 17.1 Å². The molecular formula is C22H30N4O3. The molecule has 1 amide bonds. The van der Waals surface area contributed by atoms with Gasteiger partial charge in [-0.05, 0) is 37.8 Å². The number of amides is 1. The molecule has 7 heteroatoms. The van der Waals surface area contributed by atoms with E-state index in [1.165, 1.54) is 19.3 Å². The Balaban J connectivity index is 1.25. The predicted molar refractivity (Wildman–Crippen MR) is 109 cm³/mol. The van der Waals surface area contributed by atoms with Gasteiger partial charge in [0.15, 0.2) is 0 Å². The van der Waals surface area contributed by atoms with Gasteiger partial charge in [0, 0.05) is 30.6 Å². The molecule has 1 aromatic heterocycles. The predicted octanol–water partition coefficient (Wildman–Crippen LogP) is 3.41. The Morgan fingerprint density at radius 2 is 2.00 bits per heavy atom. The molecule has 0 spiro atoms. The standard InChI is InChI=1S/C22H30N4O3/c1-28-19-9-5-8-17(14-19)21-24-20(29-25-21)15-26-12-10-18(11-13-26)23-22(27)16-6-3-2-4-7-16/h5,8-9,14,16,18H,2-4,6-7,10-13,15H2,1H3,(H,23,27). The summed E-state index contributed by atoms with van der Waals surface area (Å²) in [4.78, 5) is 19.3. The summed E-state index contributed by atoms with van der Waals surface area (Å²) in [6, 6.07) is 7.93. The monoisotopic (exact) mass is 398 g/mol. The largest absolute Gasteiger partial charge is 0.497 e. The number of likely N-dealkylation sites (tertiary alicyclic amines) is 1. The van der Waals surface area contributed by atoms with Crippen LogP contribution in [0.5, 0.6) is 5.75 Å². The number of carbonyl (C=O) groups excluding carboxylic acids is 1. The molecule has 7 nitrogen and oxygen atoms in total. The number of hydrogen-bond donors (Lipinski definition) is 1. The van der Waals surface area contributed by atoms with Gasteiger partial charge in [-0.2, -0.15) is 4.98 Å². The Labute approximate surface area is 171 Å². The molecule has 1 saturated carbocycles. The number of rotatable bonds is 6. The molecule has 1 saturated heterocycles. The second-order valence-corrected chi connectivity index (χ2v) is 8.14. The fourth-order valence-corrected chi connectivity index (χ4v) is 4.31. The van der Waals surface area contributed by atoms with Crippen LogP contribution in [0, 0.1) is 5.92 Å². The average Bonchev–Trinajstić information content (AvgIpc) is 3.24. The van der Waals surface area contributed by atoms with Crippen molar-refractivity contribution in [2.24, 2.45) is 5.92 Å². The summed E-state index contributed by atoms with van der Waals surface area (Å²) >= 11 is 0. The summed E-state index contributed by atoms with van der Waals surface area (Å²) in [6.45, 7) is 2.49. The molecule has 4 rings (SSSR count). The average molecular weight is 399 g/mol. The zero-order valence-electron chi connectivity index (χ0n) is 17.1. The Hall–Kier alpha value is -2.41. The maximum absolute atomic E-state index is 12.5. The minimum absolute atomic E-state index is 0.232. The minimum atomic E-state index is 0.232. The summed E-state index contributed by atoms with van der Waals surface area (Å²) < 4.78 is 10.7. The molecule has 0 radical (unpaired) electrons. The van der Waals surface area contributed by atoms with Gasteiger partial charge in [-0.25, -0.2) is 0 Å². The minimum Gasteiger partial charge on any atom is -0.497 e. The summed E-state index contributed by atoms with van der Waals surface area (Å²) in [7, 11) is 1.64. The van der Waals surface area contributed by atoms with Crippen molar-refractivity contribution in [3.63, 3.8) is 0 Å². The third-order valence-electron chi connectivity index (χ3n) is 6.06. The third-order valence-corrected chi connectivity index (χ3v) is 6.06. The number of hydrogen-bond acceptors (Lipinski definition) is 6. The Morgan fingerprint density at radius 3 is 2.76 bits per heavy atom. The smallest absolute Gasteiger partial charge is 0.241 e. The van der Waals surface area contributed by atoms with Crippen LogP contribution >= 0.6 is 0 Å². The van der Waals surface area contributed by atoms with Gasteiger partial charge in [0.25, 0.3) is 0 Å². The van der Waals surface area contributed by atoms with E-state index in [1.54, 1.807) is 7.11 Å². The van der Waals surface area contributed by atoms with E-state index in [0.717, 1.165) is 50.1 Å². The van der Waals surface area contributed by atoms with E-state index in [1.807, 2.05) is 24.3 Å². The van der Waals surface area contributed by atoms with Crippen molar-refractivity contribution >= 4 is 5.91 Å². The topological polar surface area (TPSA) is 80.5 Å². The van der Waals surface area contributed by atoms with Crippen LogP contribution in [0.25, 0.3) is 11.4 Å². The highest BCUT2D eigenvalue weighted by Crippen LogP contribution is 2.25. The Morgan fingerprint density at radius 1 is 1.21 bits per heavy atom. The summed E-state index contributed by atoms with van der Waals surface area (Å²) in [5.74, 6) is 2.46. The van der Waals surface area contributed by atoms with Crippen LogP contribution in [-0.2, 0) is 11.3 Å². The fraction of sp³-hybridized carbons (Fsp3) is 0.591. The van der Waals surface area contributed by atoms with Crippen LogP contribution in [0.2, 0.25) is 0 Å². The molecule has 1 aliphatic carbocycles. The highest BCUT2D eigenvalue weighted by atomic mass is 16.5. The lowest BCUT2D eigenvalue weighted by Gasteiger charge is -2.32. The maximum atomic E-state index is 12.5. The zero-order chi connectivity index (χ0) is 20.1. The van der Waals surface area contributed by atoms with Crippen LogP contribution in [0.3, 0.4) is 0 Å². The molecule has 2 fully saturated rings. The van der Waals surface area contributed by atoms with Gasteiger partial charge in [0.2, 0.25) is 17.6 Å². The number of ether oxygens (including phenoxy) is 1. The molecule has 0 unspecified atom stereocenters. The van der Waals surface area contributed by atoms with Gasteiger partial charge in [0.1, 0.15) is 5.75 Å². The van der Waals surface area contributed by atoms with Crippen molar-refractivity contribution in [1.82, 2.24) is 20.4 Å². The van der Waals surface area contributed by atoms with E-state index in [4.69, 9.17) is 9.26 Å². The van der Waals surface area contributed by atoms with Crippen molar-refractivity contribution in [1.29, 1.82) is 0 Å². The van der Waals surface area contributed by atoms with Crippen LogP contribution in [0.15, 0.2) is 28.8 Å². The second kappa shape index (κ2) is 9.39. The number of nitrogens with zero attached hydrogens (tertiary/aromatic N) is 3. The number of benzene rings is 1. The number of nitrogens with one attached hydrogen (secondary N) is 1. The van der Waals surface area contributed by atoms with Gasteiger partial charge in [-0.15, -0.1) is 0 Å². The Kier molecular flexibility index (Phi) is 6.44. The molecule has 2 heterocycles. The van der Waals surface area contributed by atoms with E-state index >= 15 is 0 Å². The Bertz CT molecular complexity index is 808. The number of methoxy groups -OCH3 is 1. The van der Waals surface area contributed by atoms with E-state index in [0.29, 0.717) is 18.3 Å². The van der Waals surface area contributed by atoms with Crippen LogP contribution in [0.4, 0.5) is 0 Å². The molecule has 29 heavy (non-hydrogen) atoms. The van der Waals surface area contributed by atoms with Crippen LogP contribution in [-0.4, -0.2) is 47.2 Å². The molecule has 1 aliphatic heterocycles. The normalized spacial score (nSPS) is 19.2. The molecular weight excluding hydrogens is 368 g/mol. The van der Waals surface area contributed by atoms with E-state index in [2.05, 4.69) is 20.4 Å². The first-order chi connectivity index (χ1) is 14.2. The fourth-order valence-electron chi connectivity index (χ4n) is 4.31. The first-order valence-electron chi connectivity index (χ1n) is 10.7. The first kappa shape index (κ1) is 19.9. The first-order valence-corrected chi connectivity index (χ1v) is 10.7. The van der Waals surface area contributed by atoms with Crippen LogP contribution < -0.4 is 10.1 Å². The highest BCUT2D eigenvalue weighted by Gasteiger charge is 2.26. The highest BCUT2D eigenvalue weighted by molar-refractivity contribution is 5.79. The quantitative estimate of drug-likeness (QED) is 0.803.